The Kier molecular flexibility index (Phi) is 5.26. The number of aromatic nitrogens is 1. The van der Waals surface area contributed by atoms with Gasteiger partial charge in [-0.05, 0) is 25.3 Å². The fourth-order valence-corrected chi connectivity index (χ4v) is 2.61. The van der Waals surface area contributed by atoms with Crippen LogP contribution in [-0.2, 0) is 17.8 Å². The van der Waals surface area contributed by atoms with Crippen LogP contribution in [0.25, 0.3) is 0 Å². The van der Waals surface area contributed by atoms with E-state index in [0.29, 0.717) is 13.0 Å². The number of rotatable bonds is 6. The smallest absolute Gasteiger partial charge is 0.237 e. The molecule has 0 fully saturated rings. The van der Waals surface area contributed by atoms with Crippen LogP contribution < -0.4 is 11.1 Å². The van der Waals surface area contributed by atoms with E-state index in [-0.39, 0.29) is 5.91 Å². The van der Waals surface area contributed by atoms with Crippen molar-refractivity contribution in [1.82, 2.24) is 10.3 Å². The first-order valence-corrected chi connectivity index (χ1v) is 7.51. The minimum absolute atomic E-state index is 0.103. The molecule has 2 aromatic rings. The molecular weight excluding hydrogens is 270 g/mol. The van der Waals surface area contributed by atoms with Crippen molar-refractivity contribution >= 4 is 17.2 Å². The molecule has 0 bridgehead atoms. The van der Waals surface area contributed by atoms with Crippen molar-refractivity contribution in [2.45, 2.75) is 32.4 Å². The van der Waals surface area contributed by atoms with Crippen LogP contribution in [0, 0.1) is 6.92 Å². The predicted molar refractivity (Wildman–Crippen MR) is 81.4 cm³/mol. The Labute approximate surface area is 123 Å². The quantitative estimate of drug-likeness (QED) is 0.855. The molecule has 1 unspecified atom stereocenters. The van der Waals surface area contributed by atoms with E-state index in [4.69, 9.17) is 5.73 Å². The van der Waals surface area contributed by atoms with Gasteiger partial charge in [0, 0.05) is 4.88 Å². The first-order chi connectivity index (χ1) is 9.66. The number of hydrogen-bond donors (Lipinski definition) is 2. The third kappa shape index (κ3) is 4.15. The highest BCUT2D eigenvalue weighted by molar-refractivity contribution is 7.09. The third-order valence-corrected chi connectivity index (χ3v) is 4.13. The van der Waals surface area contributed by atoms with Gasteiger partial charge in [-0.1, -0.05) is 30.3 Å². The fraction of sp³-hybridized carbons (Fsp3) is 0.333. The number of amides is 1. The Morgan fingerprint density at radius 2 is 2.15 bits per heavy atom. The van der Waals surface area contributed by atoms with E-state index < -0.39 is 6.04 Å². The van der Waals surface area contributed by atoms with E-state index in [0.717, 1.165) is 17.0 Å². The maximum absolute atomic E-state index is 11.9. The lowest BCUT2D eigenvalue weighted by Gasteiger charge is -2.12. The number of aryl methyl sites for hydroxylation is 2. The number of hydrogen-bond acceptors (Lipinski definition) is 4. The minimum atomic E-state index is -0.469. The lowest BCUT2D eigenvalue weighted by molar-refractivity contribution is -0.122. The molecule has 0 saturated heterocycles. The normalized spacial score (nSPS) is 12.1. The monoisotopic (exact) mass is 289 g/mol. The Morgan fingerprint density at radius 3 is 2.80 bits per heavy atom. The van der Waals surface area contributed by atoms with Gasteiger partial charge in [-0.25, -0.2) is 4.98 Å². The number of carbonyl (C=O) groups is 1. The lowest BCUT2D eigenvalue weighted by Crippen LogP contribution is -2.40. The topological polar surface area (TPSA) is 68.0 Å². The largest absolute Gasteiger partial charge is 0.350 e. The van der Waals surface area contributed by atoms with Crippen LogP contribution in [0.5, 0.6) is 0 Å². The van der Waals surface area contributed by atoms with Crippen molar-refractivity contribution in [1.29, 1.82) is 0 Å². The zero-order valence-corrected chi connectivity index (χ0v) is 12.3. The molecule has 1 aromatic heterocycles. The van der Waals surface area contributed by atoms with Crippen LogP contribution in [0.15, 0.2) is 35.8 Å². The number of nitrogens with zero attached hydrogens (tertiary/aromatic N) is 1. The molecular formula is C15H19N3OS. The number of benzene rings is 1. The van der Waals surface area contributed by atoms with E-state index in [1.165, 1.54) is 5.56 Å². The maximum atomic E-state index is 11.9. The molecule has 5 heteroatoms. The zero-order chi connectivity index (χ0) is 14.4. The molecule has 0 radical (unpaired) electrons. The zero-order valence-electron chi connectivity index (χ0n) is 11.5. The summed E-state index contributed by atoms with van der Waals surface area (Å²) in [7, 11) is 0. The van der Waals surface area contributed by atoms with E-state index in [1.54, 1.807) is 16.8 Å². The van der Waals surface area contributed by atoms with E-state index in [2.05, 4.69) is 10.3 Å². The average molecular weight is 289 g/mol. The molecule has 1 heterocycles. The summed E-state index contributed by atoms with van der Waals surface area (Å²) in [5.41, 5.74) is 9.87. The number of carbonyl (C=O) groups excluding carboxylic acids is 1. The van der Waals surface area contributed by atoms with Crippen LogP contribution in [0.4, 0.5) is 0 Å². The van der Waals surface area contributed by atoms with Gasteiger partial charge in [-0.15, -0.1) is 11.3 Å². The Morgan fingerprint density at radius 1 is 1.40 bits per heavy atom. The lowest BCUT2D eigenvalue weighted by atomic mass is 10.1. The molecule has 0 aliphatic carbocycles. The van der Waals surface area contributed by atoms with Gasteiger partial charge in [0.1, 0.15) is 0 Å². The Balaban J connectivity index is 1.76. The van der Waals surface area contributed by atoms with Crippen LogP contribution >= 0.6 is 11.3 Å². The first kappa shape index (κ1) is 14.7. The van der Waals surface area contributed by atoms with Crippen LogP contribution in [-0.4, -0.2) is 16.9 Å². The minimum Gasteiger partial charge on any atom is -0.350 e. The molecule has 20 heavy (non-hydrogen) atoms. The highest BCUT2D eigenvalue weighted by atomic mass is 32.1. The molecule has 3 N–H and O–H groups in total. The van der Waals surface area contributed by atoms with Gasteiger partial charge in [0.05, 0.1) is 23.8 Å². The summed E-state index contributed by atoms with van der Waals surface area (Å²) < 4.78 is 0. The second kappa shape index (κ2) is 7.17. The van der Waals surface area contributed by atoms with Crippen molar-refractivity contribution in [2.75, 3.05) is 0 Å². The van der Waals surface area contributed by atoms with Gasteiger partial charge >= 0.3 is 0 Å². The van der Waals surface area contributed by atoms with E-state index in [1.807, 2.05) is 37.3 Å². The van der Waals surface area contributed by atoms with Crippen molar-refractivity contribution in [3.8, 4) is 0 Å². The molecule has 0 aliphatic rings. The van der Waals surface area contributed by atoms with Gasteiger partial charge in [0.15, 0.2) is 0 Å². The molecule has 4 nitrogen and oxygen atoms in total. The van der Waals surface area contributed by atoms with Crippen molar-refractivity contribution in [3.63, 3.8) is 0 Å². The molecule has 1 atom stereocenters. The number of nitrogens with one attached hydrogen (secondary N) is 1. The van der Waals surface area contributed by atoms with Gasteiger partial charge in [-0.2, -0.15) is 0 Å². The van der Waals surface area contributed by atoms with Crippen LogP contribution in [0.2, 0.25) is 0 Å². The highest BCUT2D eigenvalue weighted by Gasteiger charge is 2.13. The molecule has 0 aliphatic heterocycles. The SMILES string of the molecule is Cc1ncsc1CNC(=O)C(N)CCc1ccccc1. The summed E-state index contributed by atoms with van der Waals surface area (Å²) >= 11 is 1.55. The second-order valence-corrected chi connectivity index (χ2v) is 5.65. The molecule has 106 valence electrons. The second-order valence-electron chi connectivity index (χ2n) is 4.71. The van der Waals surface area contributed by atoms with Crippen LogP contribution in [0.1, 0.15) is 22.6 Å². The van der Waals surface area contributed by atoms with Crippen molar-refractivity contribution in [2.24, 2.45) is 5.73 Å². The number of thiazole rings is 1. The van der Waals surface area contributed by atoms with E-state index >= 15 is 0 Å². The first-order valence-electron chi connectivity index (χ1n) is 6.63. The molecule has 0 saturated carbocycles. The summed E-state index contributed by atoms with van der Waals surface area (Å²) in [6.07, 6.45) is 1.46. The highest BCUT2D eigenvalue weighted by Crippen LogP contribution is 2.11. The third-order valence-electron chi connectivity index (χ3n) is 3.19. The number of nitrogens with two attached hydrogens (primary N) is 1. The molecule has 1 aromatic carbocycles. The molecule has 0 spiro atoms. The Hall–Kier alpha value is -1.72. The summed E-state index contributed by atoms with van der Waals surface area (Å²) in [5.74, 6) is -0.103. The van der Waals surface area contributed by atoms with Gasteiger partial charge in [-0.3, -0.25) is 4.79 Å². The van der Waals surface area contributed by atoms with Gasteiger partial charge in [0.25, 0.3) is 0 Å². The van der Waals surface area contributed by atoms with E-state index in [9.17, 15) is 4.79 Å². The fourth-order valence-electron chi connectivity index (χ4n) is 1.89. The molecule has 1 amide bonds. The van der Waals surface area contributed by atoms with Gasteiger partial charge in [0.2, 0.25) is 5.91 Å². The van der Waals surface area contributed by atoms with Gasteiger partial charge < -0.3 is 11.1 Å². The molecule has 2 rings (SSSR count). The summed E-state index contributed by atoms with van der Waals surface area (Å²) in [5, 5.41) is 2.87. The summed E-state index contributed by atoms with van der Waals surface area (Å²) in [4.78, 5) is 17.1. The average Bonchev–Trinajstić information content (AvgIpc) is 2.88. The predicted octanol–water partition coefficient (Wildman–Crippen LogP) is 2.03. The summed E-state index contributed by atoms with van der Waals surface area (Å²) in [6.45, 7) is 2.45. The summed E-state index contributed by atoms with van der Waals surface area (Å²) in [6, 6.07) is 9.59. The maximum Gasteiger partial charge on any atom is 0.237 e. The van der Waals surface area contributed by atoms with Crippen LogP contribution in [0.3, 0.4) is 0 Å². The Bertz CT molecular complexity index is 553. The van der Waals surface area contributed by atoms with Crippen molar-refractivity contribution in [3.05, 3.63) is 52.0 Å². The standard InChI is InChI=1S/C15H19N3OS/c1-11-14(20-10-18-11)9-17-15(19)13(16)8-7-12-5-3-2-4-6-12/h2-6,10,13H,7-9,16H2,1H3,(H,17,19). The van der Waals surface area contributed by atoms with Crippen molar-refractivity contribution < 1.29 is 4.79 Å².